The van der Waals surface area contributed by atoms with Crippen LogP contribution in [0.5, 0.6) is 0 Å². The molecular weight excluding hydrogens is 315 g/mol. The molecule has 6 heteroatoms. The molecule has 19 heavy (non-hydrogen) atoms. The highest BCUT2D eigenvalue weighted by atomic mass is 79.9. The molecule has 1 aromatic heterocycles. The number of pyridine rings is 1. The second kappa shape index (κ2) is 6.32. The molecule has 0 bridgehead atoms. The number of hydrogen-bond acceptors (Lipinski definition) is 4. The van der Waals surface area contributed by atoms with Crippen molar-refractivity contribution in [2.24, 2.45) is 0 Å². The maximum absolute atomic E-state index is 14.0. The summed E-state index contributed by atoms with van der Waals surface area (Å²) in [5.74, 6) is -0.322. The van der Waals surface area contributed by atoms with Crippen LogP contribution in [-0.2, 0) is 9.53 Å². The van der Waals surface area contributed by atoms with Gasteiger partial charge in [0.15, 0.2) is 11.6 Å². The molecule has 0 aromatic carbocycles. The number of nitrogens with zero attached hydrogens (tertiary/aromatic N) is 2. The summed E-state index contributed by atoms with van der Waals surface area (Å²) in [6.45, 7) is 0.715. The smallest absolute Gasteiger partial charge is 0.307 e. The van der Waals surface area contributed by atoms with Gasteiger partial charge in [0.1, 0.15) is 0 Å². The van der Waals surface area contributed by atoms with E-state index in [1.54, 1.807) is 6.20 Å². The van der Waals surface area contributed by atoms with Crippen LogP contribution in [0.15, 0.2) is 16.7 Å². The number of halogens is 2. The van der Waals surface area contributed by atoms with Crippen LogP contribution in [0.25, 0.3) is 0 Å². The van der Waals surface area contributed by atoms with E-state index in [1.165, 1.54) is 13.2 Å². The molecule has 1 atom stereocenters. The lowest BCUT2D eigenvalue weighted by molar-refractivity contribution is -0.141. The van der Waals surface area contributed by atoms with Crippen LogP contribution in [0, 0.1) is 5.82 Å². The lowest BCUT2D eigenvalue weighted by Gasteiger charge is -2.36. The number of piperidine rings is 1. The van der Waals surface area contributed by atoms with Gasteiger partial charge in [0.2, 0.25) is 0 Å². The Bertz CT molecular complexity index is 470. The minimum atomic E-state index is -0.369. The standard InChI is InChI=1S/C13H16BrFN2O2/c1-19-12(18)7-10-4-2-3-5-17(10)13-11(15)6-9(14)8-16-13/h6,8,10H,2-5,7H2,1H3. The number of aromatic nitrogens is 1. The molecular formula is C13H16BrFN2O2. The fourth-order valence-corrected chi connectivity index (χ4v) is 2.69. The van der Waals surface area contributed by atoms with Gasteiger partial charge in [-0.1, -0.05) is 0 Å². The summed E-state index contributed by atoms with van der Waals surface area (Å²) >= 11 is 3.19. The highest BCUT2D eigenvalue weighted by Gasteiger charge is 2.28. The number of esters is 1. The molecule has 4 nitrogen and oxygen atoms in total. The lowest BCUT2D eigenvalue weighted by Crippen LogP contribution is -2.42. The van der Waals surface area contributed by atoms with Gasteiger partial charge in [-0.3, -0.25) is 4.79 Å². The van der Waals surface area contributed by atoms with E-state index in [4.69, 9.17) is 4.74 Å². The van der Waals surface area contributed by atoms with Gasteiger partial charge in [-0.25, -0.2) is 9.37 Å². The summed E-state index contributed by atoms with van der Waals surface area (Å²) < 4.78 is 19.3. The zero-order valence-corrected chi connectivity index (χ0v) is 12.3. The van der Waals surface area contributed by atoms with Gasteiger partial charge in [-0.2, -0.15) is 0 Å². The first kappa shape index (κ1) is 14.2. The first-order chi connectivity index (χ1) is 9.11. The fourth-order valence-electron chi connectivity index (χ4n) is 2.39. The van der Waals surface area contributed by atoms with Gasteiger partial charge in [-0.15, -0.1) is 0 Å². The maximum atomic E-state index is 14.0. The van der Waals surface area contributed by atoms with Crippen molar-refractivity contribution in [1.82, 2.24) is 4.98 Å². The van der Waals surface area contributed by atoms with Crippen molar-refractivity contribution in [3.05, 3.63) is 22.6 Å². The fraction of sp³-hybridized carbons (Fsp3) is 0.538. The Morgan fingerprint density at radius 2 is 2.42 bits per heavy atom. The van der Waals surface area contributed by atoms with Gasteiger partial charge in [-0.05, 0) is 41.3 Å². The summed E-state index contributed by atoms with van der Waals surface area (Å²) in [4.78, 5) is 17.4. The Morgan fingerprint density at radius 3 is 3.11 bits per heavy atom. The van der Waals surface area contributed by atoms with Crippen LogP contribution in [-0.4, -0.2) is 30.6 Å². The zero-order chi connectivity index (χ0) is 13.8. The topological polar surface area (TPSA) is 42.4 Å². The van der Waals surface area contributed by atoms with E-state index in [-0.39, 0.29) is 24.2 Å². The highest BCUT2D eigenvalue weighted by Crippen LogP contribution is 2.28. The third-order valence-electron chi connectivity index (χ3n) is 3.32. The van der Waals surface area contributed by atoms with Crippen LogP contribution in [0.4, 0.5) is 10.2 Å². The second-order valence-electron chi connectivity index (χ2n) is 4.58. The third-order valence-corrected chi connectivity index (χ3v) is 3.75. The van der Waals surface area contributed by atoms with E-state index in [0.29, 0.717) is 16.8 Å². The van der Waals surface area contributed by atoms with E-state index in [2.05, 4.69) is 20.9 Å². The Kier molecular flexibility index (Phi) is 4.74. The monoisotopic (exact) mass is 330 g/mol. The van der Waals surface area contributed by atoms with Crippen molar-refractivity contribution in [3.63, 3.8) is 0 Å². The molecule has 1 aliphatic rings. The number of anilines is 1. The number of ether oxygens (including phenoxy) is 1. The van der Waals surface area contributed by atoms with E-state index < -0.39 is 0 Å². The molecule has 2 heterocycles. The Labute approximate surface area is 120 Å². The number of methoxy groups -OCH3 is 1. The van der Waals surface area contributed by atoms with E-state index in [1.807, 2.05) is 4.90 Å². The molecule has 1 aliphatic heterocycles. The average molecular weight is 331 g/mol. The Morgan fingerprint density at radius 1 is 1.63 bits per heavy atom. The van der Waals surface area contributed by atoms with Crippen molar-refractivity contribution in [1.29, 1.82) is 0 Å². The van der Waals surface area contributed by atoms with Crippen LogP contribution < -0.4 is 4.90 Å². The number of rotatable bonds is 3. The predicted molar refractivity (Wildman–Crippen MR) is 73.5 cm³/mol. The van der Waals surface area contributed by atoms with Crippen molar-refractivity contribution in [2.45, 2.75) is 31.7 Å². The molecule has 1 fully saturated rings. The van der Waals surface area contributed by atoms with Crippen molar-refractivity contribution < 1.29 is 13.9 Å². The SMILES string of the molecule is COC(=O)CC1CCCCN1c1ncc(Br)cc1F. The van der Waals surface area contributed by atoms with E-state index in [9.17, 15) is 9.18 Å². The van der Waals surface area contributed by atoms with Crippen LogP contribution in [0.1, 0.15) is 25.7 Å². The van der Waals surface area contributed by atoms with Gasteiger partial charge in [0.05, 0.1) is 13.5 Å². The molecule has 1 saturated heterocycles. The van der Waals surface area contributed by atoms with Gasteiger partial charge >= 0.3 is 5.97 Å². The van der Waals surface area contributed by atoms with E-state index >= 15 is 0 Å². The first-order valence-corrected chi connectivity index (χ1v) is 7.05. The molecule has 2 rings (SSSR count). The number of carbonyl (C=O) groups is 1. The first-order valence-electron chi connectivity index (χ1n) is 6.26. The summed E-state index contributed by atoms with van der Waals surface area (Å²) in [6, 6.07) is 1.36. The second-order valence-corrected chi connectivity index (χ2v) is 5.50. The molecule has 0 aliphatic carbocycles. The van der Waals surface area contributed by atoms with Gasteiger partial charge in [0, 0.05) is 23.3 Å². The summed E-state index contributed by atoms with van der Waals surface area (Å²) in [6.07, 6.45) is 4.72. The van der Waals surface area contributed by atoms with Crippen molar-refractivity contribution in [2.75, 3.05) is 18.6 Å². The van der Waals surface area contributed by atoms with Crippen molar-refractivity contribution in [3.8, 4) is 0 Å². The largest absolute Gasteiger partial charge is 0.469 e. The molecule has 0 amide bonds. The summed E-state index contributed by atoms with van der Waals surface area (Å²) in [7, 11) is 1.37. The van der Waals surface area contributed by atoms with Crippen LogP contribution in [0.2, 0.25) is 0 Å². The summed E-state index contributed by atoms with van der Waals surface area (Å²) in [5, 5.41) is 0. The highest BCUT2D eigenvalue weighted by molar-refractivity contribution is 9.10. The number of carbonyl (C=O) groups excluding carboxylic acids is 1. The van der Waals surface area contributed by atoms with Gasteiger partial charge < -0.3 is 9.64 Å². The quantitative estimate of drug-likeness (QED) is 0.799. The van der Waals surface area contributed by atoms with Gasteiger partial charge in [0.25, 0.3) is 0 Å². The Balaban J connectivity index is 2.21. The van der Waals surface area contributed by atoms with Crippen LogP contribution >= 0.6 is 15.9 Å². The molecule has 0 N–H and O–H groups in total. The average Bonchev–Trinajstić information content (AvgIpc) is 2.40. The normalized spacial score (nSPS) is 19.3. The zero-order valence-electron chi connectivity index (χ0n) is 10.7. The minimum Gasteiger partial charge on any atom is -0.469 e. The summed E-state index contributed by atoms with van der Waals surface area (Å²) in [5.41, 5.74) is 0. The Hall–Kier alpha value is -1.17. The van der Waals surface area contributed by atoms with E-state index in [0.717, 1.165) is 19.3 Å². The molecule has 0 radical (unpaired) electrons. The molecule has 0 saturated carbocycles. The predicted octanol–water partition coefficient (Wildman–Crippen LogP) is 2.91. The lowest BCUT2D eigenvalue weighted by atomic mass is 9.99. The van der Waals surface area contributed by atoms with Crippen molar-refractivity contribution >= 4 is 27.7 Å². The van der Waals surface area contributed by atoms with Crippen LogP contribution in [0.3, 0.4) is 0 Å². The molecule has 0 spiro atoms. The maximum Gasteiger partial charge on any atom is 0.307 e. The minimum absolute atomic E-state index is 0.0376. The molecule has 104 valence electrons. The third kappa shape index (κ3) is 3.43. The molecule has 1 aromatic rings. The molecule has 1 unspecified atom stereocenters. The number of hydrogen-bond donors (Lipinski definition) is 0.